The molecule has 0 N–H and O–H groups in total. The Morgan fingerprint density at radius 2 is 1.45 bits per heavy atom. The first-order chi connectivity index (χ1) is 15.6. The maximum absolute atomic E-state index is 14.3. The van der Waals surface area contributed by atoms with Gasteiger partial charge in [0.15, 0.2) is 17.5 Å². The zero-order chi connectivity index (χ0) is 24.2. The molecule has 170 valence electrons. The molecule has 0 bridgehead atoms. The Morgan fingerprint density at radius 3 is 2.06 bits per heavy atom. The second-order valence-corrected chi connectivity index (χ2v) is 6.51. The van der Waals surface area contributed by atoms with Crippen molar-refractivity contribution in [2.24, 2.45) is 0 Å². The highest BCUT2D eigenvalue weighted by atomic mass is 19.3. The Morgan fingerprint density at radius 1 is 0.788 bits per heavy atom. The molecule has 0 radical (unpaired) electrons. The Kier molecular flexibility index (Phi) is 6.97. The SMILES string of the molecule is C=CCOc1ccc(C#Cc2ccc(C(F)(F)Oc3cc(F)c(F)c(F)c3)c(F)c2)c(F)c1. The number of benzene rings is 3. The van der Waals surface area contributed by atoms with E-state index < -0.39 is 46.5 Å². The Bertz CT molecular complexity index is 1240. The molecule has 0 spiro atoms. The van der Waals surface area contributed by atoms with E-state index in [4.69, 9.17) is 4.74 Å². The minimum absolute atomic E-state index is 0.0422. The molecular weight excluding hydrogens is 453 g/mol. The van der Waals surface area contributed by atoms with Crippen molar-refractivity contribution in [1.82, 2.24) is 0 Å². The van der Waals surface area contributed by atoms with Gasteiger partial charge in [-0.05, 0) is 30.3 Å². The first kappa shape index (κ1) is 23.7. The van der Waals surface area contributed by atoms with Gasteiger partial charge in [-0.25, -0.2) is 22.0 Å². The minimum Gasteiger partial charge on any atom is -0.489 e. The third-order valence-electron chi connectivity index (χ3n) is 4.14. The summed E-state index contributed by atoms with van der Waals surface area (Å²) in [6.45, 7) is 3.64. The number of alkyl halides is 2. The van der Waals surface area contributed by atoms with Crippen LogP contribution in [0.5, 0.6) is 11.5 Å². The zero-order valence-electron chi connectivity index (χ0n) is 16.6. The number of ether oxygens (including phenoxy) is 2. The third-order valence-corrected chi connectivity index (χ3v) is 4.14. The van der Waals surface area contributed by atoms with Gasteiger partial charge in [-0.15, -0.1) is 0 Å². The molecule has 0 fully saturated rings. The molecule has 0 aliphatic heterocycles. The molecule has 0 aliphatic carbocycles. The van der Waals surface area contributed by atoms with Gasteiger partial charge in [0.2, 0.25) is 0 Å². The lowest BCUT2D eigenvalue weighted by molar-refractivity contribution is -0.187. The van der Waals surface area contributed by atoms with Crippen molar-refractivity contribution in [2.75, 3.05) is 6.61 Å². The van der Waals surface area contributed by atoms with Crippen molar-refractivity contribution in [3.05, 3.63) is 107 Å². The summed E-state index contributed by atoms with van der Waals surface area (Å²) in [7, 11) is 0. The lowest BCUT2D eigenvalue weighted by atomic mass is 10.1. The summed E-state index contributed by atoms with van der Waals surface area (Å²) in [5.74, 6) is -3.42. The predicted molar refractivity (Wildman–Crippen MR) is 105 cm³/mol. The van der Waals surface area contributed by atoms with Crippen LogP contribution in [0.2, 0.25) is 0 Å². The van der Waals surface area contributed by atoms with Crippen LogP contribution < -0.4 is 9.47 Å². The van der Waals surface area contributed by atoms with E-state index in [-0.39, 0.29) is 35.6 Å². The van der Waals surface area contributed by atoms with Gasteiger partial charge < -0.3 is 9.47 Å². The molecule has 0 amide bonds. The van der Waals surface area contributed by atoms with Gasteiger partial charge >= 0.3 is 6.11 Å². The number of rotatable bonds is 6. The molecular formula is C24H13F7O2. The van der Waals surface area contributed by atoms with Crippen LogP contribution in [0.15, 0.2) is 61.2 Å². The molecule has 0 aliphatic rings. The van der Waals surface area contributed by atoms with Crippen LogP contribution in [0.3, 0.4) is 0 Å². The highest BCUT2D eigenvalue weighted by molar-refractivity contribution is 5.46. The summed E-state index contributed by atoms with van der Waals surface area (Å²) in [5.41, 5.74) is -1.36. The summed E-state index contributed by atoms with van der Waals surface area (Å²) in [6, 6.07) is 6.61. The topological polar surface area (TPSA) is 18.5 Å². The minimum atomic E-state index is -4.35. The van der Waals surface area contributed by atoms with E-state index in [2.05, 4.69) is 23.2 Å². The van der Waals surface area contributed by atoms with Crippen molar-refractivity contribution in [3.8, 4) is 23.3 Å². The van der Waals surface area contributed by atoms with E-state index in [1.54, 1.807) is 0 Å². The lowest BCUT2D eigenvalue weighted by Gasteiger charge is -2.19. The van der Waals surface area contributed by atoms with Crippen LogP contribution in [0.25, 0.3) is 0 Å². The van der Waals surface area contributed by atoms with Crippen molar-refractivity contribution < 1.29 is 40.2 Å². The molecule has 3 aromatic rings. The largest absolute Gasteiger partial charge is 0.489 e. The normalized spacial score (nSPS) is 10.9. The fourth-order valence-electron chi connectivity index (χ4n) is 2.60. The van der Waals surface area contributed by atoms with Gasteiger partial charge in [-0.1, -0.05) is 24.5 Å². The standard InChI is InChI=1S/C24H13F7O2/c1-2-9-32-16-7-6-15(19(25)11-16)5-3-14-4-8-18(20(26)10-14)24(30,31)33-17-12-21(27)23(29)22(28)13-17/h2,4,6-8,10-13H,1,9H2. The molecule has 0 saturated carbocycles. The van der Waals surface area contributed by atoms with Crippen molar-refractivity contribution in [1.29, 1.82) is 0 Å². The fraction of sp³-hybridized carbons (Fsp3) is 0.0833. The molecule has 3 rings (SSSR count). The van der Waals surface area contributed by atoms with Crippen LogP contribution in [0.1, 0.15) is 16.7 Å². The third kappa shape index (κ3) is 5.66. The number of halogens is 7. The summed E-state index contributed by atoms with van der Waals surface area (Å²) < 4.78 is 106. The smallest absolute Gasteiger partial charge is 0.429 e. The predicted octanol–water partition coefficient (Wildman–Crippen LogP) is 6.48. The summed E-state index contributed by atoms with van der Waals surface area (Å²) >= 11 is 0. The first-order valence-corrected chi connectivity index (χ1v) is 9.17. The maximum Gasteiger partial charge on any atom is 0.429 e. The second-order valence-electron chi connectivity index (χ2n) is 6.51. The fourth-order valence-corrected chi connectivity index (χ4v) is 2.60. The van der Waals surface area contributed by atoms with Crippen LogP contribution in [0, 0.1) is 40.9 Å². The highest BCUT2D eigenvalue weighted by Gasteiger charge is 2.38. The van der Waals surface area contributed by atoms with Gasteiger partial charge in [0.05, 0.1) is 5.56 Å². The Balaban J connectivity index is 1.81. The molecule has 3 aromatic carbocycles. The molecule has 33 heavy (non-hydrogen) atoms. The van der Waals surface area contributed by atoms with Gasteiger partial charge in [-0.2, -0.15) is 8.78 Å². The summed E-state index contributed by atoms with van der Waals surface area (Å²) in [4.78, 5) is 0. The van der Waals surface area contributed by atoms with Crippen LogP contribution >= 0.6 is 0 Å². The van der Waals surface area contributed by atoms with Gasteiger partial charge in [0.1, 0.15) is 35.3 Å². The van der Waals surface area contributed by atoms with E-state index in [0.29, 0.717) is 12.1 Å². The van der Waals surface area contributed by atoms with E-state index in [9.17, 15) is 30.7 Å². The van der Waals surface area contributed by atoms with E-state index in [1.807, 2.05) is 0 Å². The van der Waals surface area contributed by atoms with Crippen LogP contribution in [-0.2, 0) is 6.11 Å². The molecule has 0 saturated heterocycles. The van der Waals surface area contributed by atoms with Crippen molar-refractivity contribution in [3.63, 3.8) is 0 Å². The molecule has 0 unspecified atom stereocenters. The molecule has 0 aromatic heterocycles. The average Bonchev–Trinajstić information content (AvgIpc) is 2.75. The Hall–Kier alpha value is -3.93. The van der Waals surface area contributed by atoms with Gasteiger partial charge in [0.25, 0.3) is 0 Å². The van der Waals surface area contributed by atoms with Crippen molar-refractivity contribution >= 4 is 0 Å². The molecule has 0 atom stereocenters. The lowest BCUT2D eigenvalue weighted by Crippen LogP contribution is -2.23. The molecule has 0 heterocycles. The number of hydrogen-bond donors (Lipinski definition) is 0. The van der Waals surface area contributed by atoms with E-state index in [1.165, 1.54) is 18.2 Å². The van der Waals surface area contributed by atoms with Crippen LogP contribution in [0.4, 0.5) is 30.7 Å². The monoisotopic (exact) mass is 466 g/mol. The second kappa shape index (κ2) is 9.69. The summed E-state index contributed by atoms with van der Waals surface area (Å²) in [6.07, 6.45) is -2.87. The van der Waals surface area contributed by atoms with Crippen LogP contribution in [-0.4, -0.2) is 6.61 Å². The first-order valence-electron chi connectivity index (χ1n) is 9.17. The van der Waals surface area contributed by atoms with E-state index in [0.717, 1.165) is 12.1 Å². The molecule has 9 heteroatoms. The Labute approximate surface area is 183 Å². The summed E-state index contributed by atoms with van der Waals surface area (Å²) in [5, 5.41) is 0. The van der Waals surface area contributed by atoms with E-state index >= 15 is 0 Å². The van der Waals surface area contributed by atoms with Gasteiger partial charge in [-0.3, -0.25) is 0 Å². The van der Waals surface area contributed by atoms with Crippen molar-refractivity contribution in [2.45, 2.75) is 6.11 Å². The van der Waals surface area contributed by atoms with Gasteiger partial charge in [0, 0.05) is 23.8 Å². The maximum atomic E-state index is 14.3. The highest BCUT2D eigenvalue weighted by Crippen LogP contribution is 2.34. The molecule has 2 nitrogen and oxygen atoms in total. The zero-order valence-corrected chi connectivity index (χ0v) is 16.6. The number of hydrogen-bond acceptors (Lipinski definition) is 2. The average molecular weight is 466 g/mol. The quantitative estimate of drug-likeness (QED) is 0.179.